The molecule has 9 heteroatoms. The zero-order chi connectivity index (χ0) is 28.3. The van der Waals surface area contributed by atoms with Crippen LogP contribution in [0.1, 0.15) is 56.7 Å². The number of carboxylic acid groups (broad SMARTS) is 2. The molecule has 210 valence electrons. The van der Waals surface area contributed by atoms with Gasteiger partial charge in [-0.25, -0.2) is 9.59 Å². The third-order valence-corrected chi connectivity index (χ3v) is 7.88. The molecule has 0 amide bonds. The van der Waals surface area contributed by atoms with Crippen LogP contribution in [0, 0.1) is 5.92 Å². The van der Waals surface area contributed by atoms with Crippen LogP contribution in [0.25, 0.3) is 16.5 Å². The lowest BCUT2D eigenvalue weighted by Gasteiger charge is -2.39. The molecule has 39 heavy (non-hydrogen) atoms. The molecular formula is C30H38N2O7. The highest BCUT2D eigenvalue weighted by atomic mass is 16.5. The first kappa shape index (κ1) is 28.6. The Hall–Kier alpha value is -3.43. The van der Waals surface area contributed by atoms with E-state index in [1.54, 1.807) is 7.11 Å². The summed E-state index contributed by atoms with van der Waals surface area (Å²) in [6, 6.07) is 7.34. The molecule has 2 aliphatic carbocycles. The summed E-state index contributed by atoms with van der Waals surface area (Å²) in [6.07, 6.45) is 10.7. The van der Waals surface area contributed by atoms with Gasteiger partial charge in [-0.15, -0.1) is 0 Å². The van der Waals surface area contributed by atoms with Crippen molar-refractivity contribution in [2.75, 3.05) is 20.7 Å². The fourth-order valence-electron chi connectivity index (χ4n) is 5.94. The lowest BCUT2D eigenvalue weighted by atomic mass is 9.80. The first-order valence-electron chi connectivity index (χ1n) is 13.5. The number of carbonyl (C=O) groups excluding carboxylic acids is 1. The molecule has 2 atom stereocenters. The van der Waals surface area contributed by atoms with Gasteiger partial charge in [0, 0.05) is 55.0 Å². The van der Waals surface area contributed by atoms with E-state index in [1.165, 1.54) is 27.6 Å². The van der Waals surface area contributed by atoms with Crippen LogP contribution in [0.5, 0.6) is 0 Å². The lowest BCUT2D eigenvalue weighted by Crippen LogP contribution is -2.45. The van der Waals surface area contributed by atoms with Crippen molar-refractivity contribution in [1.29, 1.82) is 0 Å². The van der Waals surface area contributed by atoms with Crippen molar-refractivity contribution in [2.45, 2.75) is 70.2 Å². The van der Waals surface area contributed by atoms with Gasteiger partial charge in [0.2, 0.25) is 0 Å². The monoisotopic (exact) mass is 538 g/mol. The van der Waals surface area contributed by atoms with Gasteiger partial charge in [0.15, 0.2) is 0 Å². The minimum Gasteiger partial charge on any atom is -0.478 e. The van der Waals surface area contributed by atoms with Gasteiger partial charge >= 0.3 is 17.9 Å². The molecule has 0 radical (unpaired) electrons. The Bertz CT molecular complexity index is 1270. The molecule has 0 saturated heterocycles. The lowest BCUT2D eigenvalue weighted by molar-refractivity contribution is -0.155. The normalized spacial score (nSPS) is 24.6. The largest absolute Gasteiger partial charge is 0.478 e. The van der Waals surface area contributed by atoms with Crippen LogP contribution in [0.4, 0.5) is 0 Å². The van der Waals surface area contributed by atoms with Gasteiger partial charge in [-0.2, -0.15) is 0 Å². The fourth-order valence-corrected chi connectivity index (χ4v) is 5.94. The molecule has 2 heterocycles. The van der Waals surface area contributed by atoms with Crippen LogP contribution in [-0.4, -0.2) is 76.5 Å². The molecule has 2 N–H and O–H groups in total. The van der Waals surface area contributed by atoms with Crippen molar-refractivity contribution in [3.8, 4) is 0 Å². The molecule has 2 aromatic rings. The summed E-state index contributed by atoms with van der Waals surface area (Å²) >= 11 is 0. The Morgan fingerprint density at radius 3 is 2.26 bits per heavy atom. The van der Waals surface area contributed by atoms with Gasteiger partial charge in [0.25, 0.3) is 0 Å². The maximum Gasteiger partial charge on any atom is 0.328 e. The van der Waals surface area contributed by atoms with E-state index >= 15 is 0 Å². The number of aromatic nitrogens is 1. The number of likely N-dealkylation sites (N-methyl/N-ethyl adjacent to an activating group) is 1. The van der Waals surface area contributed by atoms with Gasteiger partial charge in [0.05, 0.1) is 12.0 Å². The number of aliphatic carboxylic acids is 2. The Balaban J connectivity index is 0.000000386. The van der Waals surface area contributed by atoms with Crippen molar-refractivity contribution in [1.82, 2.24) is 9.47 Å². The quantitative estimate of drug-likeness (QED) is 0.413. The van der Waals surface area contributed by atoms with Crippen LogP contribution in [-0.2, 0) is 30.3 Å². The average Bonchev–Trinajstić information content (AvgIpc) is 3.29. The number of carbonyl (C=O) groups is 3. The first-order chi connectivity index (χ1) is 18.6. The van der Waals surface area contributed by atoms with Gasteiger partial charge in [-0.3, -0.25) is 9.69 Å². The van der Waals surface area contributed by atoms with E-state index in [-0.39, 0.29) is 18.0 Å². The van der Waals surface area contributed by atoms with E-state index in [4.69, 9.17) is 19.7 Å². The molecule has 1 aliphatic heterocycles. The number of carboxylic acids is 2. The number of nitrogens with zero attached hydrogens (tertiary/aromatic N) is 2. The van der Waals surface area contributed by atoms with Crippen LogP contribution in [0.2, 0.25) is 0 Å². The highest BCUT2D eigenvalue weighted by Gasteiger charge is 2.37. The van der Waals surface area contributed by atoms with Gasteiger partial charge in [0.1, 0.15) is 6.10 Å². The van der Waals surface area contributed by atoms with E-state index in [2.05, 4.69) is 60.8 Å². The van der Waals surface area contributed by atoms with Crippen LogP contribution >= 0.6 is 0 Å². The third kappa shape index (κ3) is 6.42. The molecule has 0 unspecified atom stereocenters. The number of fused-ring (bicyclic) bond motifs is 2. The Morgan fingerprint density at radius 1 is 1.03 bits per heavy atom. The second kappa shape index (κ2) is 12.2. The molecule has 5 rings (SSSR count). The smallest absolute Gasteiger partial charge is 0.328 e. The summed E-state index contributed by atoms with van der Waals surface area (Å²) in [5.74, 6) is -2.79. The summed E-state index contributed by atoms with van der Waals surface area (Å²) < 4.78 is 13.8. The zero-order valence-corrected chi connectivity index (χ0v) is 23.0. The molecule has 1 aromatic heterocycles. The second-order valence-electron chi connectivity index (χ2n) is 10.8. The van der Waals surface area contributed by atoms with Crippen molar-refractivity contribution in [3.05, 3.63) is 53.8 Å². The molecule has 9 nitrogen and oxygen atoms in total. The third-order valence-electron chi connectivity index (χ3n) is 7.88. The number of rotatable bonds is 6. The first-order valence-corrected chi connectivity index (χ1v) is 13.5. The second-order valence-corrected chi connectivity index (χ2v) is 10.8. The molecule has 0 spiro atoms. The molecule has 1 saturated carbocycles. The van der Waals surface area contributed by atoms with Crippen molar-refractivity contribution in [3.63, 3.8) is 0 Å². The SMILES string of the molecule is COC1CCC(OC(=O)[C@@H]2C=C3c4cccc5c4c(cn5C(C)C)C[C@H]3N(C)C2)CC1.O=C(O)/C=C\C(=O)O. The summed E-state index contributed by atoms with van der Waals surface area (Å²) in [7, 11) is 3.91. The van der Waals surface area contributed by atoms with Crippen molar-refractivity contribution in [2.24, 2.45) is 5.92 Å². The summed E-state index contributed by atoms with van der Waals surface area (Å²) in [4.78, 5) is 34.5. The van der Waals surface area contributed by atoms with E-state index in [1.807, 2.05) is 0 Å². The van der Waals surface area contributed by atoms with Crippen LogP contribution in [0.3, 0.4) is 0 Å². The Kier molecular flexibility index (Phi) is 8.92. The van der Waals surface area contributed by atoms with Gasteiger partial charge < -0.3 is 24.3 Å². The minimum atomic E-state index is -1.26. The molecule has 3 aliphatic rings. The number of benzene rings is 1. The van der Waals surface area contributed by atoms with E-state index in [0.717, 1.165) is 38.6 Å². The molecule has 0 bridgehead atoms. The number of esters is 1. The van der Waals surface area contributed by atoms with Crippen LogP contribution in [0.15, 0.2) is 42.6 Å². The standard InChI is InChI=1S/C26H34N2O3.C4H4O4/c1-16(2)28-15-17-13-24-22(21-6-5-7-23(28)25(17)21)12-18(14-27(24)3)26(29)31-20-10-8-19(30-4)9-11-20;5-3(6)1-2-4(7)8/h5-7,12,15-16,18-20,24H,8-11,13-14H2,1-4H3;1-2H,(H,5,6)(H,7,8)/b;2-1-/t18-,19?,20?,24-;/m1./s1. The van der Waals surface area contributed by atoms with Gasteiger partial charge in [-0.05, 0) is 75.8 Å². The zero-order valence-electron chi connectivity index (χ0n) is 23.0. The highest BCUT2D eigenvalue weighted by Crippen LogP contribution is 2.42. The average molecular weight is 539 g/mol. The van der Waals surface area contributed by atoms with Crippen molar-refractivity contribution >= 4 is 34.4 Å². The van der Waals surface area contributed by atoms with E-state index < -0.39 is 11.9 Å². The maximum absolute atomic E-state index is 13.1. The molecular weight excluding hydrogens is 500 g/mol. The summed E-state index contributed by atoms with van der Waals surface area (Å²) in [5.41, 5.74) is 5.29. The van der Waals surface area contributed by atoms with E-state index in [0.29, 0.717) is 30.3 Å². The van der Waals surface area contributed by atoms with Gasteiger partial charge in [-0.1, -0.05) is 18.2 Å². The topological polar surface area (TPSA) is 118 Å². The Morgan fingerprint density at radius 2 is 1.67 bits per heavy atom. The molecule has 1 aromatic carbocycles. The molecule has 1 fully saturated rings. The predicted octanol–water partition coefficient (Wildman–Crippen LogP) is 4.30. The van der Waals surface area contributed by atoms with Crippen molar-refractivity contribution < 1.29 is 34.1 Å². The summed E-state index contributed by atoms with van der Waals surface area (Å²) in [5, 5.41) is 17.0. The van der Waals surface area contributed by atoms with Crippen LogP contribution < -0.4 is 0 Å². The highest BCUT2D eigenvalue weighted by molar-refractivity contribution is 5.99. The minimum absolute atomic E-state index is 0.0294. The summed E-state index contributed by atoms with van der Waals surface area (Å²) in [6.45, 7) is 5.19. The number of hydrogen-bond acceptors (Lipinski definition) is 6. The predicted molar refractivity (Wildman–Crippen MR) is 147 cm³/mol. The fraction of sp³-hybridized carbons (Fsp3) is 0.500. The Labute approximate surface area is 228 Å². The number of ether oxygens (including phenoxy) is 2. The number of methoxy groups -OCH3 is 1. The van der Waals surface area contributed by atoms with E-state index in [9.17, 15) is 14.4 Å². The maximum atomic E-state index is 13.1. The number of hydrogen-bond donors (Lipinski definition) is 2.